The van der Waals surface area contributed by atoms with E-state index in [-0.39, 0.29) is 0 Å². The van der Waals surface area contributed by atoms with E-state index in [0.29, 0.717) is 5.28 Å². The molecule has 3 rings (SSSR count). The van der Waals surface area contributed by atoms with Crippen LogP contribution in [0.1, 0.15) is 43.4 Å². The predicted molar refractivity (Wildman–Crippen MR) is 72.7 cm³/mol. The molecule has 1 aromatic rings. The minimum atomic E-state index is 0.351. The highest BCUT2D eigenvalue weighted by molar-refractivity contribution is 6.28. The van der Waals surface area contributed by atoms with E-state index in [0.717, 1.165) is 37.1 Å². The number of hydrogen-bond donors (Lipinski definition) is 2. The van der Waals surface area contributed by atoms with Gasteiger partial charge in [0.25, 0.3) is 0 Å². The third-order valence-corrected chi connectivity index (χ3v) is 4.11. The molecule has 1 aliphatic heterocycles. The van der Waals surface area contributed by atoms with Crippen LogP contribution in [0.5, 0.6) is 0 Å². The molecule has 4 nitrogen and oxygen atoms in total. The molecule has 1 aliphatic carbocycles. The van der Waals surface area contributed by atoms with Crippen molar-refractivity contribution in [2.75, 3.05) is 11.9 Å². The Hall–Kier alpha value is -0.870. The molecular weight excluding hydrogens is 248 g/mol. The van der Waals surface area contributed by atoms with Crippen molar-refractivity contribution < 1.29 is 0 Å². The van der Waals surface area contributed by atoms with Crippen LogP contribution in [-0.2, 0) is 13.1 Å². The van der Waals surface area contributed by atoms with E-state index in [2.05, 4.69) is 20.6 Å². The fraction of sp³-hybridized carbons (Fsp3) is 0.692. The highest BCUT2D eigenvalue weighted by Crippen LogP contribution is 2.26. The molecule has 0 radical (unpaired) electrons. The zero-order chi connectivity index (χ0) is 12.4. The first kappa shape index (κ1) is 12.2. The molecule has 2 heterocycles. The van der Waals surface area contributed by atoms with Crippen LogP contribution in [0.4, 0.5) is 5.82 Å². The highest BCUT2D eigenvalue weighted by Gasteiger charge is 2.19. The maximum Gasteiger partial charge on any atom is 0.224 e. The summed E-state index contributed by atoms with van der Waals surface area (Å²) in [7, 11) is 0. The van der Waals surface area contributed by atoms with E-state index in [1.807, 2.05) is 0 Å². The lowest BCUT2D eigenvalue weighted by atomic mass is 9.89. The molecular formula is C13H19ClN4. The lowest BCUT2D eigenvalue weighted by molar-refractivity contribution is 0.373. The van der Waals surface area contributed by atoms with Gasteiger partial charge in [-0.05, 0) is 30.4 Å². The summed E-state index contributed by atoms with van der Waals surface area (Å²) in [6.45, 7) is 2.66. The Bertz CT molecular complexity index is 429. The lowest BCUT2D eigenvalue weighted by Crippen LogP contribution is -2.18. The van der Waals surface area contributed by atoms with Gasteiger partial charge in [0.05, 0.1) is 5.69 Å². The van der Waals surface area contributed by atoms with Gasteiger partial charge in [0.1, 0.15) is 5.82 Å². The number of hydrogen-bond acceptors (Lipinski definition) is 4. The summed E-state index contributed by atoms with van der Waals surface area (Å²) in [5, 5.41) is 7.12. The molecule has 1 saturated carbocycles. The monoisotopic (exact) mass is 266 g/mol. The smallest absolute Gasteiger partial charge is 0.224 e. The average Bonchev–Trinajstić information content (AvgIpc) is 2.85. The minimum Gasteiger partial charge on any atom is -0.369 e. The Morgan fingerprint density at radius 2 is 2.00 bits per heavy atom. The van der Waals surface area contributed by atoms with Gasteiger partial charge in [-0.2, -0.15) is 0 Å². The van der Waals surface area contributed by atoms with E-state index in [1.54, 1.807) is 0 Å². The fourth-order valence-corrected chi connectivity index (χ4v) is 3.10. The predicted octanol–water partition coefficient (Wildman–Crippen LogP) is 2.73. The largest absolute Gasteiger partial charge is 0.369 e. The van der Waals surface area contributed by atoms with Gasteiger partial charge in [-0.1, -0.05) is 19.3 Å². The number of aromatic nitrogens is 2. The summed E-state index contributed by atoms with van der Waals surface area (Å²) >= 11 is 5.96. The van der Waals surface area contributed by atoms with Gasteiger partial charge in [0.2, 0.25) is 5.28 Å². The molecule has 0 unspecified atom stereocenters. The van der Waals surface area contributed by atoms with Crippen LogP contribution < -0.4 is 10.6 Å². The Morgan fingerprint density at radius 1 is 1.17 bits per heavy atom. The van der Waals surface area contributed by atoms with Gasteiger partial charge in [-0.25, -0.2) is 9.97 Å². The van der Waals surface area contributed by atoms with Gasteiger partial charge >= 0.3 is 0 Å². The maximum atomic E-state index is 5.96. The summed E-state index contributed by atoms with van der Waals surface area (Å²) in [6, 6.07) is 0. The van der Waals surface area contributed by atoms with Crippen molar-refractivity contribution in [3.63, 3.8) is 0 Å². The third-order valence-electron chi connectivity index (χ3n) is 3.94. The lowest BCUT2D eigenvalue weighted by Gasteiger charge is -2.22. The second-order valence-electron chi connectivity index (χ2n) is 5.25. The first-order valence-corrected chi connectivity index (χ1v) is 7.20. The number of anilines is 1. The second-order valence-corrected chi connectivity index (χ2v) is 5.59. The zero-order valence-corrected chi connectivity index (χ0v) is 11.3. The van der Waals surface area contributed by atoms with Crippen LogP contribution in [0.25, 0.3) is 0 Å². The van der Waals surface area contributed by atoms with Crippen molar-refractivity contribution in [1.29, 1.82) is 0 Å². The van der Waals surface area contributed by atoms with Crippen LogP contribution in [0.3, 0.4) is 0 Å². The second kappa shape index (κ2) is 5.41. The van der Waals surface area contributed by atoms with Crippen molar-refractivity contribution in [3.8, 4) is 0 Å². The van der Waals surface area contributed by atoms with E-state index in [1.165, 1.54) is 37.7 Å². The number of rotatable bonds is 3. The van der Waals surface area contributed by atoms with Gasteiger partial charge < -0.3 is 10.6 Å². The van der Waals surface area contributed by atoms with E-state index in [9.17, 15) is 0 Å². The molecule has 2 N–H and O–H groups in total. The highest BCUT2D eigenvalue weighted by atomic mass is 35.5. The van der Waals surface area contributed by atoms with Crippen LogP contribution in [0.15, 0.2) is 0 Å². The summed E-state index contributed by atoms with van der Waals surface area (Å²) < 4.78 is 0. The first-order chi connectivity index (χ1) is 8.83. The van der Waals surface area contributed by atoms with Crippen molar-refractivity contribution in [3.05, 3.63) is 16.5 Å². The molecule has 0 amide bonds. The summed E-state index contributed by atoms with van der Waals surface area (Å²) in [5.41, 5.74) is 2.23. The van der Waals surface area contributed by atoms with E-state index < -0.39 is 0 Å². The Balaban J connectivity index is 1.68. The fourth-order valence-electron chi connectivity index (χ4n) is 2.92. The van der Waals surface area contributed by atoms with Gasteiger partial charge in [0.15, 0.2) is 0 Å². The number of nitrogens with one attached hydrogen (secondary N) is 2. The average molecular weight is 267 g/mol. The molecule has 5 heteroatoms. The molecule has 0 spiro atoms. The van der Waals surface area contributed by atoms with Gasteiger partial charge in [-0.3, -0.25) is 0 Å². The topological polar surface area (TPSA) is 49.8 Å². The third kappa shape index (κ3) is 2.59. The van der Waals surface area contributed by atoms with Crippen molar-refractivity contribution in [2.24, 2.45) is 5.92 Å². The van der Waals surface area contributed by atoms with Crippen molar-refractivity contribution >= 4 is 17.4 Å². The van der Waals surface area contributed by atoms with E-state index >= 15 is 0 Å². The van der Waals surface area contributed by atoms with Crippen LogP contribution in [0, 0.1) is 5.92 Å². The normalized spacial score (nSPS) is 19.8. The molecule has 18 heavy (non-hydrogen) atoms. The molecule has 0 bridgehead atoms. The van der Waals surface area contributed by atoms with Crippen LogP contribution in [0.2, 0.25) is 5.28 Å². The van der Waals surface area contributed by atoms with Crippen molar-refractivity contribution in [1.82, 2.24) is 15.3 Å². The molecule has 0 aromatic carbocycles. The maximum absolute atomic E-state index is 5.96. The molecule has 1 fully saturated rings. The van der Waals surface area contributed by atoms with Gasteiger partial charge in [-0.15, -0.1) is 0 Å². The van der Waals surface area contributed by atoms with E-state index in [4.69, 9.17) is 11.6 Å². The molecule has 0 atom stereocenters. The SMILES string of the molecule is Clc1nc2c(c(NCC3CCCCC3)n1)CNC2. The first-order valence-electron chi connectivity index (χ1n) is 6.83. The molecule has 2 aliphatic rings. The van der Waals surface area contributed by atoms with Crippen molar-refractivity contribution in [2.45, 2.75) is 45.2 Å². The van der Waals surface area contributed by atoms with Crippen LogP contribution >= 0.6 is 11.6 Å². The molecule has 1 aromatic heterocycles. The number of fused-ring (bicyclic) bond motifs is 1. The number of nitrogens with zero attached hydrogens (tertiary/aromatic N) is 2. The Morgan fingerprint density at radius 3 is 2.83 bits per heavy atom. The molecule has 0 saturated heterocycles. The standard InChI is InChI=1S/C13H19ClN4/c14-13-17-11-8-15-7-10(11)12(18-13)16-6-9-4-2-1-3-5-9/h9,15H,1-8H2,(H,16,17,18). The van der Waals surface area contributed by atoms with Gasteiger partial charge in [0, 0.05) is 25.2 Å². The summed E-state index contributed by atoms with van der Waals surface area (Å²) in [6.07, 6.45) is 6.82. The summed E-state index contributed by atoms with van der Waals surface area (Å²) in [5.74, 6) is 1.72. The quantitative estimate of drug-likeness (QED) is 0.826. The minimum absolute atomic E-state index is 0.351. The Kier molecular flexibility index (Phi) is 3.66. The van der Waals surface area contributed by atoms with Crippen LogP contribution in [-0.4, -0.2) is 16.5 Å². The zero-order valence-electron chi connectivity index (χ0n) is 10.5. The molecule has 98 valence electrons. The Labute approximate surface area is 113 Å². The number of halogens is 1. The summed E-state index contributed by atoms with van der Waals surface area (Å²) in [4.78, 5) is 8.59.